The monoisotopic (exact) mass is 430 g/mol. The van der Waals surface area contributed by atoms with Crippen molar-refractivity contribution in [3.05, 3.63) is 69.5 Å². The molecule has 0 saturated carbocycles. The zero-order valence-corrected chi connectivity index (χ0v) is 16.8. The van der Waals surface area contributed by atoms with Gasteiger partial charge in [-0.3, -0.25) is 4.79 Å². The van der Waals surface area contributed by atoms with Crippen molar-refractivity contribution in [1.29, 1.82) is 0 Å². The summed E-state index contributed by atoms with van der Waals surface area (Å²) < 4.78 is 17.3. The molecule has 1 N–H and O–H groups in total. The van der Waals surface area contributed by atoms with Crippen LogP contribution in [-0.2, 0) is 6.61 Å². The Labute approximate surface area is 165 Å². The molecule has 0 atom stereocenters. The summed E-state index contributed by atoms with van der Waals surface area (Å²) in [5.74, 6) is 1.51. The molecule has 0 fully saturated rings. The summed E-state index contributed by atoms with van der Waals surface area (Å²) in [6, 6.07) is 12.4. The SMILES string of the molecule is COc1cc(C(=O)Nc2ccc(Br)cc2)ccc1OCc1c(C)noc1C. The first kappa shape index (κ1) is 19.0. The van der Waals surface area contributed by atoms with Crippen LogP contribution in [0.2, 0.25) is 0 Å². The molecule has 1 amide bonds. The van der Waals surface area contributed by atoms with Crippen LogP contribution in [0.25, 0.3) is 0 Å². The molecule has 3 aromatic rings. The van der Waals surface area contributed by atoms with Crippen molar-refractivity contribution < 1.29 is 18.8 Å². The predicted molar refractivity (Wildman–Crippen MR) is 105 cm³/mol. The van der Waals surface area contributed by atoms with E-state index in [0.717, 1.165) is 21.5 Å². The molecule has 0 aliphatic rings. The Hall–Kier alpha value is -2.80. The largest absolute Gasteiger partial charge is 0.493 e. The van der Waals surface area contributed by atoms with E-state index in [2.05, 4.69) is 26.4 Å². The molecule has 27 heavy (non-hydrogen) atoms. The Bertz CT molecular complexity index is 932. The number of benzene rings is 2. The highest BCUT2D eigenvalue weighted by atomic mass is 79.9. The number of amides is 1. The number of halogens is 1. The van der Waals surface area contributed by atoms with Crippen LogP contribution in [0.1, 0.15) is 27.4 Å². The van der Waals surface area contributed by atoms with Gasteiger partial charge in [-0.2, -0.15) is 0 Å². The van der Waals surface area contributed by atoms with Crippen molar-refractivity contribution in [2.24, 2.45) is 0 Å². The number of carbonyl (C=O) groups excluding carboxylic acids is 1. The third-order valence-corrected chi connectivity index (χ3v) is 4.61. The highest BCUT2D eigenvalue weighted by molar-refractivity contribution is 9.10. The summed E-state index contributed by atoms with van der Waals surface area (Å²) in [5.41, 5.74) is 2.87. The highest BCUT2D eigenvalue weighted by Crippen LogP contribution is 2.30. The summed E-state index contributed by atoms with van der Waals surface area (Å²) >= 11 is 3.37. The lowest BCUT2D eigenvalue weighted by molar-refractivity contribution is 0.102. The molecule has 0 aliphatic carbocycles. The lowest BCUT2D eigenvalue weighted by Gasteiger charge is -2.12. The van der Waals surface area contributed by atoms with Crippen LogP contribution in [0, 0.1) is 13.8 Å². The molecule has 0 saturated heterocycles. The Morgan fingerprint density at radius 2 is 1.89 bits per heavy atom. The molecular weight excluding hydrogens is 412 g/mol. The molecule has 0 unspecified atom stereocenters. The predicted octanol–water partition coefficient (Wildman–Crippen LogP) is 4.89. The van der Waals surface area contributed by atoms with E-state index < -0.39 is 0 Å². The van der Waals surface area contributed by atoms with Gasteiger partial charge in [0.2, 0.25) is 0 Å². The number of ether oxygens (including phenoxy) is 2. The number of carbonyl (C=O) groups is 1. The smallest absolute Gasteiger partial charge is 0.255 e. The number of hydrogen-bond acceptors (Lipinski definition) is 5. The van der Waals surface area contributed by atoms with Crippen LogP contribution in [-0.4, -0.2) is 18.2 Å². The summed E-state index contributed by atoms with van der Waals surface area (Å²) in [5, 5.41) is 6.76. The van der Waals surface area contributed by atoms with Crippen molar-refractivity contribution in [2.45, 2.75) is 20.5 Å². The molecule has 140 valence electrons. The van der Waals surface area contributed by atoms with Crippen molar-refractivity contribution >= 4 is 27.5 Å². The number of methoxy groups -OCH3 is 1. The molecular formula is C20H19BrN2O4. The number of aryl methyl sites for hydroxylation is 2. The zero-order valence-electron chi connectivity index (χ0n) is 15.2. The summed E-state index contributed by atoms with van der Waals surface area (Å²) in [4.78, 5) is 12.5. The first-order valence-corrected chi connectivity index (χ1v) is 9.06. The summed E-state index contributed by atoms with van der Waals surface area (Å²) in [6.45, 7) is 4.01. The Balaban J connectivity index is 1.73. The zero-order chi connectivity index (χ0) is 19.4. The molecule has 0 bridgehead atoms. The van der Waals surface area contributed by atoms with E-state index in [9.17, 15) is 4.79 Å². The first-order valence-electron chi connectivity index (χ1n) is 8.27. The fourth-order valence-electron chi connectivity index (χ4n) is 2.52. The maximum absolute atomic E-state index is 12.5. The lowest BCUT2D eigenvalue weighted by atomic mass is 10.1. The number of anilines is 1. The molecule has 2 aromatic carbocycles. The van der Waals surface area contributed by atoms with Gasteiger partial charge in [-0.05, 0) is 56.3 Å². The second-order valence-electron chi connectivity index (χ2n) is 5.92. The maximum Gasteiger partial charge on any atom is 0.255 e. The van der Waals surface area contributed by atoms with E-state index in [-0.39, 0.29) is 5.91 Å². The van der Waals surface area contributed by atoms with Gasteiger partial charge in [0.15, 0.2) is 11.5 Å². The van der Waals surface area contributed by atoms with Gasteiger partial charge in [0.1, 0.15) is 12.4 Å². The molecule has 7 heteroatoms. The molecule has 0 aliphatic heterocycles. The van der Waals surface area contributed by atoms with Gasteiger partial charge in [-0.25, -0.2) is 0 Å². The fraction of sp³-hybridized carbons (Fsp3) is 0.200. The van der Waals surface area contributed by atoms with Gasteiger partial charge < -0.3 is 19.3 Å². The standard InChI is InChI=1S/C20H19BrN2O4/c1-12-17(13(2)27-23-12)11-26-18-9-4-14(10-19(18)25-3)20(24)22-16-7-5-15(21)6-8-16/h4-10H,11H2,1-3H3,(H,22,24). The van der Waals surface area contributed by atoms with E-state index in [1.807, 2.05) is 38.1 Å². The molecule has 1 aromatic heterocycles. The lowest BCUT2D eigenvalue weighted by Crippen LogP contribution is -2.12. The molecule has 0 radical (unpaired) electrons. The van der Waals surface area contributed by atoms with E-state index in [0.29, 0.717) is 29.4 Å². The molecule has 6 nitrogen and oxygen atoms in total. The fourth-order valence-corrected chi connectivity index (χ4v) is 2.79. The third-order valence-electron chi connectivity index (χ3n) is 4.08. The van der Waals surface area contributed by atoms with Gasteiger partial charge in [0.05, 0.1) is 18.4 Å². The summed E-state index contributed by atoms with van der Waals surface area (Å²) in [6.07, 6.45) is 0. The Morgan fingerprint density at radius 3 is 2.52 bits per heavy atom. The van der Waals surface area contributed by atoms with E-state index in [4.69, 9.17) is 14.0 Å². The van der Waals surface area contributed by atoms with Crippen molar-refractivity contribution in [1.82, 2.24) is 5.16 Å². The van der Waals surface area contributed by atoms with Gasteiger partial charge >= 0.3 is 0 Å². The number of nitrogens with zero attached hydrogens (tertiary/aromatic N) is 1. The van der Waals surface area contributed by atoms with Crippen molar-refractivity contribution in [2.75, 3.05) is 12.4 Å². The molecule has 0 spiro atoms. The number of aromatic nitrogens is 1. The van der Waals surface area contributed by atoms with E-state index in [1.54, 1.807) is 18.2 Å². The normalized spacial score (nSPS) is 10.5. The molecule has 1 heterocycles. The van der Waals surface area contributed by atoms with Crippen molar-refractivity contribution in [3.8, 4) is 11.5 Å². The van der Waals surface area contributed by atoms with Gasteiger partial charge in [-0.1, -0.05) is 21.1 Å². The third kappa shape index (κ3) is 4.49. The Kier molecular flexibility index (Phi) is 5.81. The van der Waals surface area contributed by atoms with Gasteiger partial charge in [0.25, 0.3) is 5.91 Å². The van der Waals surface area contributed by atoms with Crippen LogP contribution in [0.15, 0.2) is 51.5 Å². The Morgan fingerprint density at radius 1 is 1.15 bits per heavy atom. The minimum Gasteiger partial charge on any atom is -0.493 e. The van der Waals surface area contributed by atoms with Crippen LogP contribution >= 0.6 is 15.9 Å². The average Bonchev–Trinajstić information content (AvgIpc) is 2.99. The van der Waals surface area contributed by atoms with Gasteiger partial charge in [-0.15, -0.1) is 0 Å². The molecule has 3 rings (SSSR count). The van der Waals surface area contributed by atoms with E-state index in [1.165, 1.54) is 7.11 Å². The van der Waals surface area contributed by atoms with E-state index >= 15 is 0 Å². The van der Waals surface area contributed by atoms with Gasteiger partial charge in [0, 0.05) is 15.7 Å². The van der Waals surface area contributed by atoms with Crippen LogP contribution in [0.4, 0.5) is 5.69 Å². The minimum atomic E-state index is -0.229. The quantitative estimate of drug-likeness (QED) is 0.602. The van der Waals surface area contributed by atoms with Crippen molar-refractivity contribution in [3.63, 3.8) is 0 Å². The number of nitrogens with one attached hydrogen (secondary N) is 1. The topological polar surface area (TPSA) is 73.6 Å². The maximum atomic E-state index is 12.5. The van der Waals surface area contributed by atoms with Crippen LogP contribution in [0.3, 0.4) is 0 Å². The summed E-state index contributed by atoms with van der Waals surface area (Å²) in [7, 11) is 1.54. The number of hydrogen-bond donors (Lipinski definition) is 1. The number of rotatable bonds is 6. The second kappa shape index (κ2) is 8.26. The second-order valence-corrected chi connectivity index (χ2v) is 6.83. The minimum absolute atomic E-state index is 0.229. The first-order chi connectivity index (χ1) is 13.0. The van der Waals surface area contributed by atoms with Crippen LogP contribution < -0.4 is 14.8 Å². The van der Waals surface area contributed by atoms with Crippen LogP contribution in [0.5, 0.6) is 11.5 Å². The average molecular weight is 431 g/mol. The highest BCUT2D eigenvalue weighted by Gasteiger charge is 2.14.